The summed E-state index contributed by atoms with van der Waals surface area (Å²) in [5, 5.41) is 4.13. The third-order valence-corrected chi connectivity index (χ3v) is 6.37. The Labute approximate surface area is 176 Å². The van der Waals surface area contributed by atoms with Gasteiger partial charge in [0.1, 0.15) is 5.69 Å². The van der Waals surface area contributed by atoms with E-state index in [-0.39, 0.29) is 23.5 Å². The zero-order chi connectivity index (χ0) is 20.9. The van der Waals surface area contributed by atoms with Crippen molar-refractivity contribution in [2.75, 3.05) is 37.7 Å². The van der Waals surface area contributed by atoms with Crippen LogP contribution in [-0.2, 0) is 28.5 Å². The first-order valence-corrected chi connectivity index (χ1v) is 10.6. The average molecular weight is 412 g/mol. The second kappa shape index (κ2) is 7.31. The lowest BCUT2D eigenvalue weighted by molar-refractivity contribution is -0.00584. The van der Waals surface area contributed by atoms with Gasteiger partial charge in [0, 0.05) is 51.2 Å². The molecule has 160 valence electrons. The molecule has 2 aromatic heterocycles. The summed E-state index contributed by atoms with van der Waals surface area (Å²) in [6, 6.07) is 1.76. The van der Waals surface area contributed by atoms with Gasteiger partial charge in [-0.05, 0) is 26.3 Å². The number of rotatable bonds is 2. The summed E-state index contributed by atoms with van der Waals surface area (Å²) in [7, 11) is 1.79. The maximum atomic E-state index is 13.0. The van der Waals surface area contributed by atoms with Crippen LogP contribution < -0.4 is 4.90 Å². The fourth-order valence-electron chi connectivity index (χ4n) is 4.98. The Morgan fingerprint density at radius 1 is 1.27 bits per heavy atom. The fraction of sp³-hybridized carbons (Fsp3) is 0.619. The SMILES string of the molecule is C[C@@H]1CN(c2ncc3c(n2)[C@]2(CCN(C(=O)c4ccnn4C)C2)COC3)C[C@H](C)O1. The predicted molar refractivity (Wildman–Crippen MR) is 109 cm³/mol. The van der Waals surface area contributed by atoms with E-state index in [1.165, 1.54) is 0 Å². The van der Waals surface area contributed by atoms with Gasteiger partial charge in [-0.25, -0.2) is 9.97 Å². The van der Waals surface area contributed by atoms with Crippen LogP contribution in [-0.4, -0.2) is 75.5 Å². The number of carbonyl (C=O) groups is 1. The molecule has 0 bridgehead atoms. The van der Waals surface area contributed by atoms with Gasteiger partial charge < -0.3 is 19.3 Å². The van der Waals surface area contributed by atoms with E-state index in [1.54, 1.807) is 24.0 Å². The lowest BCUT2D eigenvalue weighted by atomic mass is 9.80. The molecule has 5 heterocycles. The molecule has 2 aromatic rings. The number of hydrogen-bond donors (Lipinski definition) is 0. The van der Waals surface area contributed by atoms with Crippen molar-refractivity contribution in [2.45, 2.75) is 44.5 Å². The van der Waals surface area contributed by atoms with Crippen LogP contribution in [0.1, 0.15) is 42.0 Å². The number of carbonyl (C=O) groups excluding carboxylic acids is 1. The van der Waals surface area contributed by atoms with Crippen LogP contribution in [0.3, 0.4) is 0 Å². The molecule has 9 heteroatoms. The van der Waals surface area contributed by atoms with E-state index in [4.69, 9.17) is 14.5 Å². The second-order valence-corrected chi connectivity index (χ2v) is 8.80. The van der Waals surface area contributed by atoms with Crippen LogP contribution in [0.5, 0.6) is 0 Å². The Morgan fingerprint density at radius 2 is 2.07 bits per heavy atom. The highest BCUT2D eigenvalue weighted by atomic mass is 16.5. The Bertz CT molecular complexity index is 952. The number of ether oxygens (including phenoxy) is 2. The van der Waals surface area contributed by atoms with E-state index >= 15 is 0 Å². The lowest BCUT2D eigenvalue weighted by Gasteiger charge is -2.38. The minimum Gasteiger partial charge on any atom is -0.376 e. The number of amides is 1. The molecule has 0 N–H and O–H groups in total. The van der Waals surface area contributed by atoms with E-state index in [0.29, 0.717) is 32.0 Å². The molecule has 3 aliphatic rings. The molecule has 2 fully saturated rings. The molecular formula is C21H28N6O3. The molecular weight excluding hydrogens is 384 g/mol. The van der Waals surface area contributed by atoms with Crippen molar-refractivity contribution >= 4 is 11.9 Å². The van der Waals surface area contributed by atoms with Crippen LogP contribution in [0.15, 0.2) is 18.5 Å². The highest BCUT2D eigenvalue weighted by Crippen LogP contribution is 2.40. The van der Waals surface area contributed by atoms with Crippen molar-refractivity contribution in [2.24, 2.45) is 7.05 Å². The Hall–Kier alpha value is -2.52. The predicted octanol–water partition coefficient (Wildman–Crippen LogP) is 1.14. The molecule has 9 nitrogen and oxygen atoms in total. The first kappa shape index (κ1) is 19.4. The molecule has 0 unspecified atom stereocenters. The zero-order valence-electron chi connectivity index (χ0n) is 17.7. The molecule has 5 rings (SSSR count). The van der Waals surface area contributed by atoms with Crippen LogP contribution in [0, 0.1) is 0 Å². The Kier molecular flexibility index (Phi) is 4.74. The molecule has 3 atom stereocenters. The summed E-state index contributed by atoms with van der Waals surface area (Å²) in [6.45, 7) is 8.07. The van der Waals surface area contributed by atoms with E-state index in [0.717, 1.165) is 36.7 Å². The largest absolute Gasteiger partial charge is 0.376 e. The minimum atomic E-state index is -0.289. The van der Waals surface area contributed by atoms with Gasteiger partial charge in [-0.2, -0.15) is 5.10 Å². The zero-order valence-corrected chi connectivity index (χ0v) is 17.7. The first-order chi connectivity index (χ1) is 14.4. The molecule has 0 radical (unpaired) electrons. The van der Waals surface area contributed by atoms with Crippen molar-refractivity contribution < 1.29 is 14.3 Å². The van der Waals surface area contributed by atoms with Gasteiger partial charge in [0.25, 0.3) is 5.91 Å². The highest BCUT2D eigenvalue weighted by Gasteiger charge is 2.47. The first-order valence-electron chi connectivity index (χ1n) is 10.6. The summed E-state index contributed by atoms with van der Waals surface area (Å²) in [4.78, 5) is 26.8. The Balaban J connectivity index is 1.43. The summed E-state index contributed by atoms with van der Waals surface area (Å²) < 4.78 is 13.4. The normalized spacial score (nSPS) is 28.8. The molecule has 0 aromatic carbocycles. The average Bonchev–Trinajstić information content (AvgIpc) is 3.34. The molecule has 0 saturated carbocycles. The van der Waals surface area contributed by atoms with E-state index in [2.05, 4.69) is 28.8 Å². The second-order valence-electron chi connectivity index (χ2n) is 8.80. The number of anilines is 1. The van der Waals surface area contributed by atoms with E-state index in [9.17, 15) is 4.79 Å². The number of hydrogen-bond acceptors (Lipinski definition) is 7. The molecule has 0 aliphatic carbocycles. The number of aryl methyl sites for hydroxylation is 1. The summed E-state index contributed by atoms with van der Waals surface area (Å²) in [6.07, 6.45) is 4.67. The van der Waals surface area contributed by atoms with Gasteiger partial charge >= 0.3 is 0 Å². The molecule has 1 amide bonds. The summed E-state index contributed by atoms with van der Waals surface area (Å²) >= 11 is 0. The van der Waals surface area contributed by atoms with Crippen LogP contribution in [0.2, 0.25) is 0 Å². The number of nitrogens with zero attached hydrogens (tertiary/aromatic N) is 6. The van der Waals surface area contributed by atoms with Gasteiger partial charge in [-0.1, -0.05) is 0 Å². The third-order valence-electron chi connectivity index (χ3n) is 6.37. The summed E-state index contributed by atoms with van der Waals surface area (Å²) in [5.74, 6) is 0.748. The standard InChI is InChI=1S/C21H28N6O3/c1-14-9-27(10-15(2)30-14)20-22-8-16-11-29-13-21(18(16)24-20)5-7-26(12-21)19(28)17-4-6-23-25(17)3/h4,6,8,14-15H,5,7,9-13H2,1-3H3/t14-,15+,21-/m0/s1. The smallest absolute Gasteiger partial charge is 0.272 e. The maximum Gasteiger partial charge on any atom is 0.272 e. The quantitative estimate of drug-likeness (QED) is 0.731. The summed E-state index contributed by atoms with van der Waals surface area (Å²) in [5.41, 5.74) is 2.37. The molecule has 30 heavy (non-hydrogen) atoms. The van der Waals surface area contributed by atoms with Crippen molar-refractivity contribution in [1.29, 1.82) is 0 Å². The van der Waals surface area contributed by atoms with Gasteiger partial charge in [0.05, 0.1) is 36.5 Å². The maximum absolute atomic E-state index is 13.0. The fourth-order valence-corrected chi connectivity index (χ4v) is 4.98. The topological polar surface area (TPSA) is 85.6 Å². The molecule has 3 aliphatic heterocycles. The molecule has 2 saturated heterocycles. The van der Waals surface area contributed by atoms with Crippen LogP contribution in [0.25, 0.3) is 0 Å². The number of aromatic nitrogens is 4. The minimum absolute atomic E-state index is 0.00380. The Morgan fingerprint density at radius 3 is 2.80 bits per heavy atom. The number of likely N-dealkylation sites (tertiary alicyclic amines) is 1. The van der Waals surface area contributed by atoms with Gasteiger partial charge in [0.2, 0.25) is 5.95 Å². The monoisotopic (exact) mass is 412 g/mol. The highest BCUT2D eigenvalue weighted by molar-refractivity contribution is 5.92. The van der Waals surface area contributed by atoms with Gasteiger partial charge in [-0.15, -0.1) is 0 Å². The lowest BCUT2D eigenvalue weighted by Crippen LogP contribution is -2.47. The van der Waals surface area contributed by atoms with Gasteiger partial charge in [-0.3, -0.25) is 9.48 Å². The van der Waals surface area contributed by atoms with Gasteiger partial charge in [0.15, 0.2) is 0 Å². The van der Waals surface area contributed by atoms with E-state index < -0.39 is 0 Å². The van der Waals surface area contributed by atoms with Crippen molar-refractivity contribution in [3.63, 3.8) is 0 Å². The van der Waals surface area contributed by atoms with Crippen molar-refractivity contribution in [3.8, 4) is 0 Å². The van der Waals surface area contributed by atoms with Crippen LogP contribution in [0.4, 0.5) is 5.95 Å². The molecule has 1 spiro atoms. The number of morpholine rings is 1. The van der Waals surface area contributed by atoms with E-state index in [1.807, 2.05) is 11.1 Å². The van der Waals surface area contributed by atoms with Crippen molar-refractivity contribution in [3.05, 3.63) is 35.4 Å². The number of fused-ring (bicyclic) bond motifs is 2. The van der Waals surface area contributed by atoms with Crippen molar-refractivity contribution in [1.82, 2.24) is 24.6 Å². The van der Waals surface area contributed by atoms with Crippen LogP contribution >= 0.6 is 0 Å². The third kappa shape index (κ3) is 3.26.